The van der Waals surface area contributed by atoms with Gasteiger partial charge < -0.3 is 19.8 Å². The summed E-state index contributed by atoms with van der Waals surface area (Å²) in [6, 6.07) is 14.2. The van der Waals surface area contributed by atoms with Crippen molar-refractivity contribution in [2.24, 2.45) is 0 Å². The summed E-state index contributed by atoms with van der Waals surface area (Å²) in [7, 11) is 0. The monoisotopic (exact) mass is 458 g/mol. The average molecular weight is 459 g/mol. The third-order valence-corrected chi connectivity index (χ3v) is 5.76. The van der Waals surface area contributed by atoms with Crippen molar-refractivity contribution in [3.05, 3.63) is 94.8 Å². The van der Waals surface area contributed by atoms with Gasteiger partial charge in [0, 0.05) is 24.5 Å². The number of benzene rings is 2. The molecule has 1 aromatic heterocycles. The average Bonchev–Trinajstić information content (AvgIpc) is 3.09. The van der Waals surface area contributed by atoms with Crippen molar-refractivity contribution in [3.63, 3.8) is 0 Å². The lowest BCUT2D eigenvalue weighted by molar-refractivity contribution is -0.140. The van der Waals surface area contributed by atoms with Gasteiger partial charge in [0.05, 0.1) is 18.2 Å². The fourth-order valence-corrected chi connectivity index (χ4v) is 4.06. The summed E-state index contributed by atoms with van der Waals surface area (Å²) in [6.07, 6.45) is 4.10. The number of Topliss-reactive ketones (excluding diaryl/α,β-unsaturated/α-hetero) is 1. The van der Waals surface area contributed by atoms with E-state index in [9.17, 15) is 19.8 Å². The Balaban J connectivity index is 1.81. The summed E-state index contributed by atoms with van der Waals surface area (Å²) in [5.41, 5.74) is 2.64. The number of aromatic nitrogens is 1. The van der Waals surface area contributed by atoms with Crippen molar-refractivity contribution in [2.45, 2.75) is 32.9 Å². The Morgan fingerprint density at radius 1 is 1.06 bits per heavy atom. The molecule has 4 rings (SSSR count). The van der Waals surface area contributed by atoms with Crippen LogP contribution >= 0.6 is 0 Å². The van der Waals surface area contributed by atoms with Crippen molar-refractivity contribution >= 4 is 17.4 Å². The molecule has 34 heavy (non-hydrogen) atoms. The molecule has 1 aliphatic rings. The Morgan fingerprint density at radius 2 is 1.76 bits per heavy atom. The van der Waals surface area contributed by atoms with Crippen LogP contribution in [-0.4, -0.2) is 38.4 Å². The third kappa shape index (κ3) is 4.50. The molecule has 1 amide bonds. The topological polar surface area (TPSA) is 100.0 Å². The van der Waals surface area contributed by atoms with E-state index < -0.39 is 17.7 Å². The first kappa shape index (κ1) is 23.0. The van der Waals surface area contributed by atoms with E-state index in [0.29, 0.717) is 23.5 Å². The molecular weight excluding hydrogens is 432 g/mol. The van der Waals surface area contributed by atoms with Crippen molar-refractivity contribution < 1.29 is 24.5 Å². The zero-order valence-corrected chi connectivity index (χ0v) is 19.1. The maximum absolute atomic E-state index is 13.2. The first-order chi connectivity index (χ1) is 16.4. The first-order valence-corrected chi connectivity index (χ1v) is 11.1. The second-order valence-electron chi connectivity index (χ2n) is 8.20. The molecule has 1 fully saturated rings. The number of carbonyl (C=O) groups excluding carboxylic acids is 2. The molecule has 2 heterocycles. The van der Waals surface area contributed by atoms with Crippen molar-refractivity contribution in [3.8, 4) is 11.5 Å². The van der Waals surface area contributed by atoms with Gasteiger partial charge in [-0.15, -0.1) is 0 Å². The van der Waals surface area contributed by atoms with Crippen LogP contribution in [-0.2, 0) is 16.1 Å². The number of aromatic hydroxyl groups is 1. The zero-order valence-electron chi connectivity index (χ0n) is 19.1. The van der Waals surface area contributed by atoms with E-state index in [2.05, 4.69) is 4.98 Å². The number of carbonyl (C=O) groups is 2. The summed E-state index contributed by atoms with van der Waals surface area (Å²) < 4.78 is 5.71. The Bertz CT molecular complexity index is 1240. The third-order valence-electron chi connectivity index (χ3n) is 5.76. The zero-order chi connectivity index (χ0) is 24.2. The van der Waals surface area contributed by atoms with Crippen LogP contribution in [0.3, 0.4) is 0 Å². The van der Waals surface area contributed by atoms with Crippen LogP contribution in [0.25, 0.3) is 5.76 Å². The number of hydrogen-bond donors (Lipinski definition) is 2. The van der Waals surface area contributed by atoms with Gasteiger partial charge in [-0.2, -0.15) is 0 Å². The van der Waals surface area contributed by atoms with E-state index in [1.54, 1.807) is 54.9 Å². The SMILES string of the molecule is CCCOc1ccc(/C(O)=C2/C(=O)C(=O)N(Cc3ccncc3)C2c2ccc(O)cc2)cc1C. The molecule has 0 spiro atoms. The second-order valence-corrected chi connectivity index (χ2v) is 8.20. The lowest BCUT2D eigenvalue weighted by atomic mass is 9.94. The Hall–Kier alpha value is -4.13. The van der Waals surface area contributed by atoms with Crippen LogP contribution in [0.2, 0.25) is 0 Å². The predicted molar refractivity (Wildman–Crippen MR) is 127 cm³/mol. The standard InChI is InChI=1S/C27H26N2O5/c1-3-14-34-22-9-6-20(15-17(22)2)25(31)23-24(19-4-7-21(30)8-5-19)29(27(33)26(23)32)16-18-10-12-28-13-11-18/h4-13,15,24,30-31H,3,14,16H2,1-2H3/b25-23-. The van der Waals surface area contributed by atoms with Crippen LogP contribution in [0.15, 0.2) is 72.6 Å². The molecule has 0 bridgehead atoms. The molecular formula is C27H26N2O5. The van der Waals surface area contributed by atoms with Gasteiger partial charge in [-0.05, 0) is 72.5 Å². The molecule has 1 aliphatic heterocycles. The van der Waals surface area contributed by atoms with Gasteiger partial charge in [0.2, 0.25) is 0 Å². The number of ether oxygens (including phenoxy) is 1. The highest BCUT2D eigenvalue weighted by molar-refractivity contribution is 6.46. The number of rotatable bonds is 7. The van der Waals surface area contributed by atoms with E-state index in [0.717, 1.165) is 17.5 Å². The minimum absolute atomic E-state index is 0.00590. The van der Waals surface area contributed by atoms with E-state index in [1.807, 2.05) is 13.8 Å². The fraction of sp³-hybridized carbons (Fsp3) is 0.222. The van der Waals surface area contributed by atoms with E-state index in [4.69, 9.17) is 4.74 Å². The molecule has 7 nitrogen and oxygen atoms in total. The van der Waals surface area contributed by atoms with Crippen molar-refractivity contribution in [1.29, 1.82) is 0 Å². The molecule has 7 heteroatoms. The van der Waals surface area contributed by atoms with Gasteiger partial charge in [0.25, 0.3) is 11.7 Å². The number of ketones is 1. The lowest BCUT2D eigenvalue weighted by Gasteiger charge is -2.25. The number of aliphatic hydroxyl groups excluding tert-OH is 1. The maximum atomic E-state index is 13.2. The number of amides is 1. The summed E-state index contributed by atoms with van der Waals surface area (Å²) in [5, 5.41) is 21.0. The van der Waals surface area contributed by atoms with E-state index >= 15 is 0 Å². The molecule has 3 aromatic rings. The Labute approximate surface area is 198 Å². The minimum atomic E-state index is -0.815. The summed E-state index contributed by atoms with van der Waals surface area (Å²) >= 11 is 0. The normalized spacial score (nSPS) is 17.2. The molecule has 2 aromatic carbocycles. The molecule has 2 N–H and O–H groups in total. The van der Waals surface area contributed by atoms with Gasteiger partial charge in [0.1, 0.15) is 17.3 Å². The molecule has 174 valence electrons. The number of aryl methyl sites for hydroxylation is 1. The van der Waals surface area contributed by atoms with Crippen LogP contribution in [0.5, 0.6) is 11.5 Å². The number of aliphatic hydroxyl groups is 1. The minimum Gasteiger partial charge on any atom is -0.508 e. The largest absolute Gasteiger partial charge is 0.508 e. The number of nitrogens with zero attached hydrogens (tertiary/aromatic N) is 2. The van der Waals surface area contributed by atoms with Crippen molar-refractivity contribution in [1.82, 2.24) is 9.88 Å². The van der Waals surface area contributed by atoms with Gasteiger partial charge in [-0.1, -0.05) is 19.1 Å². The van der Waals surface area contributed by atoms with Crippen LogP contribution in [0.4, 0.5) is 0 Å². The summed E-state index contributed by atoms with van der Waals surface area (Å²) in [5.74, 6) is -0.941. The van der Waals surface area contributed by atoms with E-state index in [-0.39, 0.29) is 23.6 Å². The molecule has 0 radical (unpaired) electrons. The Morgan fingerprint density at radius 3 is 2.41 bits per heavy atom. The molecule has 1 saturated heterocycles. The van der Waals surface area contributed by atoms with Gasteiger partial charge in [-0.3, -0.25) is 14.6 Å². The molecule has 0 saturated carbocycles. The van der Waals surface area contributed by atoms with Gasteiger partial charge in [-0.25, -0.2) is 0 Å². The van der Waals surface area contributed by atoms with Crippen LogP contribution < -0.4 is 4.74 Å². The highest BCUT2D eigenvalue weighted by Gasteiger charge is 2.46. The first-order valence-electron chi connectivity index (χ1n) is 11.1. The van der Waals surface area contributed by atoms with Crippen molar-refractivity contribution in [2.75, 3.05) is 6.61 Å². The van der Waals surface area contributed by atoms with Crippen LogP contribution in [0, 0.1) is 6.92 Å². The smallest absolute Gasteiger partial charge is 0.295 e. The fourth-order valence-electron chi connectivity index (χ4n) is 4.06. The number of hydrogen-bond acceptors (Lipinski definition) is 6. The highest BCUT2D eigenvalue weighted by atomic mass is 16.5. The lowest BCUT2D eigenvalue weighted by Crippen LogP contribution is -2.29. The second kappa shape index (κ2) is 9.79. The summed E-state index contributed by atoms with van der Waals surface area (Å²) in [4.78, 5) is 31.7. The Kier molecular flexibility index (Phi) is 6.63. The number of phenolic OH excluding ortho intramolecular Hbond substituents is 1. The number of phenols is 1. The van der Waals surface area contributed by atoms with Gasteiger partial charge >= 0.3 is 0 Å². The summed E-state index contributed by atoms with van der Waals surface area (Å²) in [6.45, 7) is 4.62. The van der Waals surface area contributed by atoms with Gasteiger partial charge in [0.15, 0.2) is 0 Å². The maximum Gasteiger partial charge on any atom is 0.295 e. The quantitative estimate of drug-likeness (QED) is 0.307. The highest BCUT2D eigenvalue weighted by Crippen LogP contribution is 2.41. The molecule has 1 unspecified atom stereocenters. The number of likely N-dealkylation sites (tertiary alicyclic amines) is 1. The molecule has 1 atom stereocenters. The number of pyridine rings is 1. The van der Waals surface area contributed by atoms with Crippen LogP contribution in [0.1, 0.15) is 41.6 Å². The predicted octanol–water partition coefficient (Wildman–Crippen LogP) is 4.51. The van der Waals surface area contributed by atoms with E-state index in [1.165, 1.54) is 17.0 Å². The molecule has 0 aliphatic carbocycles.